The number of ether oxygens (including phenoxy) is 1. The monoisotopic (exact) mass is 449 g/mol. The van der Waals surface area contributed by atoms with Gasteiger partial charge in [0.1, 0.15) is 12.4 Å². The van der Waals surface area contributed by atoms with Crippen LogP contribution in [0.1, 0.15) is 24.0 Å². The quantitative estimate of drug-likeness (QED) is 0.403. The van der Waals surface area contributed by atoms with Gasteiger partial charge in [0.25, 0.3) is 0 Å². The van der Waals surface area contributed by atoms with Crippen molar-refractivity contribution in [1.29, 1.82) is 5.41 Å². The van der Waals surface area contributed by atoms with Crippen LogP contribution in [-0.4, -0.2) is 35.5 Å². The zero-order chi connectivity index (χ0) is 22.1. The van der Waals surface area contributed by atoms with Crippen LogP contribution in [0.15, 0.2) is 65.7 Å². The molecule has 4 N–H and O–H groups in total. The number of hydrogen-bond donors (Lipinski definition) is 3. The lowest BCUT2D eigenvalue weighted by Crippen LogP contribution is -2.45. The number of halogens is 1. The number of fused-ring (bicyclic) bond motifs is 1. The van der Waals surface area contributed by atoms with Gasteiger partial charge in [0.15, 0.2) is 18.0 Å². The third-order valence-corrected chi connectivity index (χ3v) is 6.09. The van der Waals surface area contributed by atoms with Gasteiger partial charge < -0.3 is 15.4 Å². The summed E-state index contributed by atoms with van der Waals surface area (Å²) in [6.07, 6.45) is 1.50. The van der Waals surface area contributed by atoms with Crippen molar-refractivity contribution in [3.63, 3.8) is 0 Å². The predicted octanol–water partition coefficient (Wildman–Crippen LogP) is 4.04. The third kappa shape index (κ3) is 4.22. The summed E-state index contributed by atoms with van der Waals surface area (Å²) in [7, 11) is 0. The number of guanidine groups is 1. The number of aliphatic imine (C=N–C) groups is 1. The first-order valence-electron chi connectivity index (χ1n) is 10.6. The Morgan fingerprint density at radius 1 is 1.19 bits per heavy atom. The van der Waals surface area contributed by atoms with E-state index < -0.39 is 0 Å². The van der Waals surface area contributed by atoms with E-state index in [2.05, 4.69) is 11.5 Å². The van der Waals surface area contributed by atoms with E-state index >= 15 is 0 Å². The number of rotatable bonds is 5. The molecule has 0 aromatic heterocycles. The van der Waals surface area contributed by atoms with Crippen LogP contribution in [0.4, 0.5) is 0 Å². The highest BCUT2D eigenvalue weighted by Crippen LogP contribution is 2.27. The number of nitrogens with zero attached hydrogens (tertiary/aromatic N) is 2. The lowest BCUT2D eigenvalue weighted by molar-refractivity contribution is 0.00198. The molecule has 32 heavy (non-hydrogen) atoms. The maximum Gasteiger partial charge on any atom is 0.197 e. The summed E-state index contributed by atoms with van der Waals surface area (Å²) in [5.74, 6) is 1.56. The van der Waals surface area contributed by atoms with Crippen LogP contribution in [0.25, 0.3) is 10.8 Å². The number of nitrogens with one attached hydrogen (secondary N) is 2. The topological polar surface area (TPSA) is 96.0 Å². The first kappa shape index (κ1) is 20.6. The van der Waals surface area contributed by atoms with Crippen LogP contribution in [-0.2, 0) is 11.4 Å². The summed E-state index contributed by atoms with van der Waals surface area (Å²) in [6, 6.07) is 19.8. The van der Waals surface area contributed by atoms with Crippen molar-refractivity contribution in [3.05, 3.63) is 76.8 Å². The van der Waals surface area contributed by atoms with E-state index in [0.29, 0.717) is 17.5 Å². The fourth-order valence-corrected chi connectivity index (χ4v) is 4.45. The van der Waals surface area contributed by atoms with Gasteiger partial charge in [-0.25, -0.2) is 15.3 Å². The van der Waals surface area contributed by atoms with Gasteiger partial charge in [0, 0.05) is 17.1 Å². The van der Waals surface area contributed by atoms with Gasteiger partial charge in [-0.1, -0.05) is 41.9 Å². The molecule has 1 fully saturated rings. The van der Waals surface area contributed by atoms with Crippen LogP contribution in [0.5, 0.6) is 5.75 Å². The van der Waals surface area contributed by atoms with E-state index in [0.717, 1.165) is 47.0 Å². The molecule has 2 atom stereocenters. The van der Waals surface area contributed by atoms with Gasteiger partial charge in [0.2, 0.25) is 0 Å². The van der Waals surface area contributed by atoms with E-state index in [1.807, 2.05) is 59.5 Å². The van der Waals surface area contributed by atoms with E-state index in [4.69, 9.17) is 37.3 Å². The zero-order valence-electron chi connectivity index (χ0n) is 17.4. The number of hydroxylamine groups is 1. The van der Waals surface area contributed by atoms with Crippen molar-refractivity contribution in [3.8, 4) is 5.75 Å². The van der Waals surface area contributed by atoms with Gasteiger partial charge in [-0.2, -0.15) is 0 Å². The molecule has 3 aromatic rings. The lowest BCUT2D eigenvalue weighted by atomic mass is 10.1. The molecule has 0 amide bonds. The summed E-state index contributed by atoms with van der Waals surface area (Å²) < 4.78 is 5.94. The van der Waals surface area contributed by atoms with Crippen LogP contribution in [0.3, 0.4) is 0 Å². The number of amidine groups is 1. The molecule has 3 aromatic carbocycles. The summed E-state index contributed by atoms with van der Waals surface area (Å²) in [5.41, 5.74) is 10.6. The Bertz CT molecular complexity index is 1200. The second kappa shape index (κ2) is 8.68. The highest BCUT2D eigenvalue weighted by atomic mass is 35.5. The molecule has 164 valence electrons. The summed E-state index contributed by atoms with van der Waals surface area (Å²) >= 11 is 6.04. The minimum absolute atomic E-state index is 0.0165. The fourth-order valence-electron chi connectivity index (χ4n) is 4.24. The van der Waals surface area contributed by atoms with Crippen molar-refractivity contribution >= 4 is 34.2 Å². The van der Waals surface area contributed by atoms with E-state index in [-0.39, 0.29) is 18.2 Å². The van der Waals surface area contributed by atoms with Crippen LogP contribution >= 0.6 is 11.6 Å². The normalized spacial score (nSPS) is 20.3. The van der Waals surface area contributed by atoms with Gasteiger partial charge in [0.05, 0.1) is 6.04 Å². The lowest BCUT2D eigenvalue weighted by Gasteiger charge is -2.26. The molecule has 2 heterocycles. The van der Waals surface area contributed by atoms with Gasteiger partial charge in [-0.05, 0) is 59.5 Å². The van der Waals surface area contributed by atoms with Gasteiger partial charge in [-0.15, -0.1) is 0 Å². The van der Waals surface area contributed by atoms with Crippen molar-refractivity contribution in [2.24, 2.45) is 10.7 Å². The first-order valence-corrected chi connectivity index (χ1v) is 11.0. The van der Waals surface area contributed by atoms with Crippen molar-refractivity contribution in [2.75, 3.05) is 6.54 Å². The molecular formula is C24H24ClN5O2. The molecule has 0 spiro atoms. The molecule has 2 aliphatic heterocycles. The molecule has 2 unspecified atom stereocenters. The van der Waals surface area contributed by atoms with E-state index in [1.54, 1.807) is 0 Å². The van der Waals surface area contributed by atoms with Crippen LogP contribution < -0.4 is 16.0 Å². The second-order valence-electron chi connectivity index (χ2n) is 8.02. The minimum atomic E-state index is -0.380. The summed E-state index contributed by atoms with van der Waals surface area (Å²) in [4.78, 5) is 12.3. The van der Waals surface area contributed by atoms with Gasteiger partial charge in [-0.3, -0.25) is 5.41 Å². The molecule has 5 rings (SSSR count). The Morgan fingerprint density at radius 2 is 2.03 bits per heavy atom. The summed E-state index contributed by atoms with van der Waals surface area (Å²) in [6.45, 7) is 1.23. The van der Waals surface area contributed by atoms with Gasteiger partial charge >= 0.3 is 0 Å². The number of nitrogens with two attached hydrogens (primary N) is 1. The largest absolute Gasteiger partial charge is 0.489 e. The molecule has 2 aliphatic rings. The average Bonchev–Trinajstić information content (AvgIpc) is 3.47. The molecular weight excluding hydrogens is 426 g/mol. The number of likely N-dealkylation sites (tertiary alicyclic amines) is 1. The van der Waals surface area contributed by atoms with Crippen molar-refractivity contribution in [1.82, 2.24) is 10.4 Å². The smallest absolute Gasteiger partial charge is 0.197 e. The molecule has 0 saturated carbocycles. The van der Waals surface area contributed by atoms with E-state index in [1.165, 1.54) is 0 Å². The summed E-state index contributed by atoms with van der Waals surface area (Å²) in [5, 5.41) is 10.6. The Kier molecular flexibility index (Phi) is 5.59. The van der Waals surface area contributed by atoms with E-state index in [9.17, 15) is 0 Å². The SMILES string of the molecule is N=C(N)N1CCCC1C1N=C(c2ccc3cc(OCc4cccc(Cl)c4)ccc3c2)NO1. The Labute approximate surface area is 191 Å². The molecule has 0 radical (unpaired) electrons. The number of hydrogen-bond acceptors (Lipinski definition) is 5. The molecule has 0 bridgehead atoms. The maximum atomic E-state index is 7.76. The standard InChI is InChI=1S/C24H24ClN5O2/c25-19-4-1-3-15(11-19)14-31-20-9-8-16-12-18(7-6-17(16)13-20)22-28-23(32-29-22)21-5-2-10-30(21)24(26)27/h1,3-4,6-9,11-13,21,23H,2,5,10,14H2,(H3,26,27)(H,28,29). The van der Waals surface area contributed by atoms with Crippen LogP contribution in [0.2, 0.25) is 5.02 Å². The highest BCUT2D eigenvalue weighted by Gasteiger charge is 2.36. The molecule has 8 heteroatoms. The Balaban J connectivity index is 1.31. The average molecular weight is 450 g/mol. The Hall–Kier alpha value is -3.29. The predicted molar refractivity (Wildman–Crippen MR) is 126 cm³/mol. The van der Waals surface area contributed by atoms with Crippen molar-refractivity contribution in [2.45, 2.75) is 31.7 Å². The molecule has 0 aliphatic carbocycles. The first-order chi connectivity index (χ1) is 15.6. The highest BCUT2D eigenvalue weighted by molar-refractivity contribution is 6.30. The minimum Gasteiger partial charge on any atom is -0.489 e. The molecule has 1 saturated heterocycles. The zero-order valence-corrected chi connectivity index (χ0v) is 18.2. The van der Waals surface area contributed by atoms with Crippen molar-refractivity contribution < 1.29 is 9.57 Å². The third-order valence-electron chi connectivity index (χ3n) is 5.85. The molecule has 7 nitrogen and oxygen atoms in total. The fraction of sp³-hybridized carbons (Fsp3) is 0.250. The number of benzene rings is 3. The Morgan fingerprint density at radius 3 is 2.88 bits per heavy atom. The maximum absolute atomic E-state index is 7.76. The van der Waals surface area contributed by atoms with Crippen LogP contribution in [0, 0.1) is 5.41 Å². The second-order valence-corrected chi connectivity index (χ2v) is 8.46.